The van der Waals surface area contributed by atoms with E-state index in [9.17, 15) is 13.2 Å². The standard InChI is InChI=1S/C17H15Cl3N2O4S/c1-9(2)26-16-12(19)8-13-15(14(16)20)21(3)17(23)22(27(13,24)25)11-6-4-10(18)5-7-11/h4-9H,1-3H3. The average molecular weight is 450 g/mol. The molecule has 27 heavy (non-hydrogen) atoms. The highest BCUT2D eigenvalue weighted by atomic mass is 35.5. The molecule has 1 heterocycles. The zero-order chi connectivity index (χ0) is 20.1. The van der Waals surface area contributed by atoms with Crippen LogP contribution in [0.2, 0.25) is 15.1 Å². The van der Waals surface area contributed by atoms with Gasteiger partial charge in [-0.25, -0.2) is 13.2 Å². The Balaban J connectivity index is 2.25. The number of sulfonamides is 1. The molecule has 0 fully saturated rings. The molecule has 0 spiro atoms. The first-order valence-electron chi connectivity index (χ1n) is 7.83. The average Bonchev–Trinajstić information content (AvgIpc) is 2.58. The van der Waals surface area contributed by atoms with Gasteiger partial charge in [0.1, 0.15) is 9.92 Å². The summed E-state index contributed by atoms with van der Waals surface area (Å²) in [4.78, 5) is 13.8. The number of hydrogen-bond donors (Lipinski definition) is 0. The number of urea groups is 1. The first-order valence-corrected chi connectivity index (χ1v) is 10.4. The maximum absolute atomic E-state index is 13.2. The molecule has 2 amide bonds. The van der Waals surface area contributed by atoms with Crippen molar-refractivity contribution in [2.45, 2.75) is 24.8 Å². The molecule has 3 rings (SSSR count). The van der Waals surface area contributed by atoms with Gasteiger partial charge in [-0.2, -0.15) is 4.31 Å². The summed E-state index contributed by atoms with van der Waals surface area (Å²) in [6.45, 7) is 3.56. The van der Waals surface area contributed by atoms with Crippen LogP contribution in [-0.2, 0) is 10.0 Å². The van der Waals surface area contributed by atoms with Crippen LogP contribution in [0.25, 0.3) is 0 Å². The second-order valence-electron chi connectivity index (χ2n) is 6.10. The maximum atomic E-state index is 13.2. The predicted molar refractivity (Wildman–Crippen MR) is 107 cm³/mol. The zero-order valence-corrected chi connectivity index (χ0v) is 17.6. The summed E-state index contributed by atoms with van der Waals surface area (Å²) in [5.41, 5.74) is 0.170. The second-order valence-corrected chi connectivity index (χ2v) is 9.08. The van der Waals surface area contributed by atoms with Gasteiger partial charge in [0, 0.05) is 12.1 Å². The van der Waals surface area contributed by atoms with Crippen LogP contribution >= 0.6 is 34.8 Å². The molecule has 1 aliphatic rings. The van der Waals surface area contributed by atoms with Crippen LogP contribution in [0.1, 0.15) is 13.8 Å². The number of halogens is 3. The fourth-order valence-corrected chi connectivity index (χ4v) is 5.27. The van der Waals surface area contributed by atoms with Crippen LogP contribution in [0.15, 0.2) is 35.2 Å². The van der Waals surface area contributed by atoms with E-state index in [2.05, 4.69) is 0 Å². The van der Waals surface area contributed by atoms with Crippen molar-refractivity contribution < 1.29 is 17.9 Å². The van der Waals surface area contributed by atoms with Crippen LogP contribution in [-0.4, -0.2) is 27.6 Å². The molecule has 0 aliphatic carbocycles. The van der Waals surface area contributed by atoms with Crippen molar-refractivity contribution in [3.8, 4) is 5.75 Å². The predicted octanol–water partition coefficient (Wildman–Crippen LogP) is 5.20. The van der Waals surface area contributed by atoms with Gasteiger partial charge in [-0.3, -0.25) is 4.90 Å². The van der Waals surface area contributed by atoms with Crippen molar-refractivity contribution >= 4 is 62.2 Å². The van der Waals surface area contributed by atoms with Gasteiger partial charge in [-0.05, 0) is 44.2 Å². The van der Waals surface area contributed by atoms with Gasteiger partial charge in [0.2, 0.25) is 0 Å². The van der Waals surface area contributed by atoms with E-state index in [-0.39, 0.29) is 38.2 Å². The molecule has 0 bridgehead atoms. The third kappa shape index (κ3) is 3.33. The van der Waals surface area contributed by atoms with Gasteiger partial charge in [0.15, 0.2) is 5.75 Å². The van der Waals surface area contributed by atoms with Gasteiger partial charge in [0.05, 0.1) is 22.5 Å². The van der Waals surface area contributed by atoms with Gasteiger partial charge in [-0.15, -0.1) is 0 Å². The molecule has 2 aromatic rings. The number of carbonyl (C=O) groups is 1. The monoisotopic (exact) mass is 448 g/mol. The minimum absolute atomic E-state index is 0.0203. The summed E-state index contributed by atoms with van der Waals surface area (Å²) in [5.74, 6) is 0.127. The van der Waals surface area contributed by atoms with Gasteiger partial charge in [-0.1, -0.05) is 34.8 Å². The van der Waals surface area contributed by atoms with Crippen molar-refractivity contribution in [3.63, 3.8) is 0 Å². The Morgan fingerprint density at radius 2 is 1.67 bits per heavy atom. The van der Waals surface area contributed by atoms with E-state index in [1.807, 2.05) is 0 Å². The van der Waals surface area contributed by atoms with E-state index in [1.54, 1.807) is 13.8 Å². The number of rotatable bonds is 3. The Labute approximate surface area is 172 Å². The number of ether oxygens (including phenoxy) is 1. The van der Waals surface area contributed by atoms with Crippen molar-refractivity contribution in [2.75, 3.05) is 16.3 Å². The molecule has 0 aromatic heterocycles. The number of amides is 2. The molecule has 144 valence electrons. The number of hydrogen-bond acceptors (Lipinski definition) is 4. The lowest BCUT2D eigenvalue weighted by molar-refractivity contribution is 0.242. The van der Waals surface area contributed by atoms with E-state index >= 15 is 0 Å². The van der Waals surface area contributed by atoms with Gasteiger partial charge < -0.3 is 4.74 Å². The highest BCUT2D eigenvalue weighted by molar-refractivity contribution is 7.94. The molecule has 0 saturated carbocycles. The number of carbonyl (C=O) groups excluding carboxylic acids is 1. The first-order chi connectivity index (χ1) is 12.6. The lowest BCUT2D eigenvalue weighted by atomic mass is 10.2. The largest absolute Gasteiger partial charge is 0.488 e. The molecule has 0 radical (unpaired) electrons. The third-order valence-corrected chi connectivity index (χ3v) is 6.44. The van der Waals surface area contributed by atoms with Crippen molar-refractivity contribution in [2.24, 2.45) is 0 Å². The third-order valence-electron chi connectivity index (χ3n) is 3.84. The van der Waals surface area contributed by atoms with E-state index < -0.39 is 16.1 Å². The van der Waals surface area contributed by atoms with Crippen LogP contribution < -0.4 is 13.9 Å². The summed E-state index contributed by atoms with van der Waals surface area (Å²) in [6, 6.07) is 6.32. The number of anilines is 2. The molecule has 0 atom stereocenters. The quantitative estimate of drug-likeness (QED) is 0.646. The summed E-state index contributed by atoms with van der Waals surface area (Å²) in [6.07, 6.45) is -0.246. The lowest BCUT2D eigenvalue weighted by Crippen LogP contribution is -2.49. The molecule has 0 unspecified atom stereocenters. The summed E-state index contributed by atoms with van der Waals surface area (Å²) < 4.78 is 32.6. The normalized spacial score (nSPS) is 15.9. The van der Waals surface area contributed by atoms with E-state index in [1.165, 1.54) is 37.4 Å². The van der Waals surface area contributed by atoms with E-state index in [4.69, 9.17) is 39.5 Å². The topological polar surface area (TPSA) is 66.9 Å². The molecule has 10 heteroatoms. The molecule has 0 saturated heterocycles. The first kappa shape index (κ1) is 20.1. The summed E-state index contributed by atoms with van der Waals surface area (Å²) in [7, 11) is -2.82. The Bertz CT molecular complexity index is 1020. The van der Waals surface area contributed by atoms with Crippen molar-refractivity contribution in [1.82, 2.24) is 0 Å². The number of fused-ring (bicyclic) bond motifs is 1. The minimum atomic E-state index is -4.25. The zero-order valence-electron chi connectivity index (χ0n) is 14.5. The second kappa shape index (κ2) is 7.05. The minimum Gasteiger partial charge on any atom is -0.488 e. The molecular formula is C17H15Cl3N2O4S. The maximum Gasteiger partial charge on any atom is 0.343 e. The van der Waals surface area contributed by atoms with Crippen molar-refractivity contribution in [3.05, 3.63) is 45.4 Å². The Kier molecular flexibility index (Phi) is 5.24. The SMILES string of the molecule is CC(C)Oc1c(Cl)cc2c(c1Cl)N(C)C(=O)N(c1ccc(Cl)cc1)S2(=O)=O. The smallest absolute Gasteiger partial charge is 0.343 e. The van der Waals surface area contributed by atoms with Crippen LogP contribution in [0.3, 0.4) is 0 Å². The molecule has 1 aliphatic heterocycles. The molecular weight excluding hydrogens is 435 g/mol. The highest BCUT2D eigenvalue weighted by Crippen LogP contribution is 2.48. The van der Waals surface area contributed by atoms with E-state index in [0.29, 0.717) is 9.33 Å². The van der Waals surface area contributed by atoms with Crippen molar-refractivity contribution in [1.29, 1.82) is 0 Å². The van der Waals surface area contributed by atoms with Crippen LogP contribution in [0.5, 0.6) is 5.75 Å². The van der Waals surface area contributed by atoms with Gasteiger partial charge >= 0.3 is 6.03 Å². The van der Waals surface area contributed by atoms with Crippen LogP contribution in [0.4, 0.5) is 16.2 Å². The van der Waals surface area contributed by atoms with Crippen LogP contribution in [0, 0.1) is 0 Å². The molecule has 6 nitrogen and oxygen atoms in total. The van der Waals surface area contributed by atoms with Gasteiger partial charge in [0.25, 0.3) is 10.0 Å². The number of nitrogens with zero attached hydrogens (tertiary/aromatic N) is 2. The fourth-order valence-electron chi connectivity index (χ4n) is 2.68. The number of benzene rings is 2. The summed E-state index contributed by atoms with van der Waals surface area (Å²) >= 11 is 18.5. The Hall–Kier alpha value is -1.67. The molecule has 0 N–H and O–H groups in total. The Morgan fingerprint density at radius 3 is 2.22 bits per heavy atom. The Morgan fingerprint density at radius 1 is 1.07 bits per heavy atom. The highest BCUT2D eigenvalue weighted by Gasteiger charge is 2.43. The van der Waals surface area contributed by atoms with E-state index in [0.717, 1.165) is 4.90 Å². The fraction of sp³-hybridized carbons (Fsp3) is 0.235. The molecule has 2 aromatic carbocycles. The lowest BCUT2D eigenvalue weighted by Gasteiger charge is -2.35. The summed E-state index contributed by atoms with van der Waals surface area (Å²) in [5, 5.41) is 0.409.